The fourth-order valence-electron chi connectivity index (χ4n) is 4.87. The molecule has 3 atom stereocenters. The summed E-state index contributed by atoms with van der Waals surface area (Å²) in [5.41, 5.74) is 0.852. The first-order valence-electron chi connectivity index (χ1n) is 12.7. The van der Waals surface area contributed by atoms with Crippen LogP contribution in [0.1, 0.15) is 83.4 Å². The van der Waals surface area contributed by atoms with Gasteiger partial charge >= 0.3 is 5.97 Å². The molecular weight excluding hydrogens is 532 g/mol. The number of piperidine rings is 1. The highest BCUT2D eigenvalue weighted by Crippen LogP contribution is 2.44. The van der Waals surface area contributed by atoms with E-state index in [4.69, 9.17) is 9.47 Å². The third-order valence-corrected chi connectivity index (χ3v) is 9.77. The van der Waals surface area contributed by atoms with E-state index in [1.807, 2.05) is 6.92 Å². The molecule has 10 heteroatoms. The second-order valence-electron chi connectivity index (χ2n) is 10.9. The molecule has 0 unspecified atom stereocenters. The molecule has 2 saturated heterocycles. The van der Waals surface area contributed by atoms with Gasteiger partial charge in [0.1, 0.15) is 9.35 Å². The SMILES string of the molecule is CCOC(=O)c1nc(Br)c(C)nc1N1CCC2(CC1)CO[C@@H](C)[C@H]2N[S@+]([O-])C(C)(C)CCC(C)C. The summed E-state index contributed by atoms with van der Waals surface area (Å²) in [6.45, 7) is 16.6. The van der Waals surface area contributed by atoms with E-state index in [0.29, 0.717) is 36.0 Å². The molecular formula is C25H41BrN4O4S. The van der Waals surface area contributed by atoms with Crippen LogP contribution in [0.4, 0.5) is 5.82 Å². The van der Waals surface area contributed by atoms with Crippen LogP contribution in [0.25, 0.3) is 0 Å². The lowest BCUT2D eigenvalue weighted by Gasteiger charge is -2.43. The molecule has 3 heterocycles. The maximum atomic E-state index is 13.4. The summed E-state index contributed by atoms with van der Waals surface area (Å²) < 4.78 is 28.5. The van der Waals surface area contributed by atoms with Crippen molar-refractivity contribution >= 4 is 39.1 Å². The number of carbonyl (C=O) groups is 1. The van der Waals surface area contributed by atoms with E-state index in [0.717, 1.165) is 31.4 Å². The van der Waals surface area contributed by atoms with E-state index in [2.05, 4.69) is 70.1 Å². The number of nitrogens with zero attached hydrogens (tertiary/aromatic N) is 3. The molecule has 0 aliphatic carbocycles. The lowest BCUT2D eigenvalue weighted by Crippen LogP contribution is -2.57. The minimum absolute atomic E-state index is 0.00562. The number of aryl methyl sites for hydroxylation is 1. The Balaban J connectivity index is 1.75. The summed E-state index contributed by atoms with van der Waals surface area (Å²) in [4.78, 5) is 23.8. The van der Waals surface area contributed by atoms with Crippen molar-refractivity contribution in [1.82, 2.24) is 14.7 Å². The number of esters is 1. The van der Waals surface area contributed by atoms with Crippen molar-refractivity contribution in [3.63, 3.8) is 0 Å². The minimum Gasteiger partial charge on any atom is -0.598 e. The van der Waals surface area contributed by atoms with Gasteiger partial charge in [-0.05, 0) is 82.1 Å². The van der Waals surface area contributed by atoms with E-state index in [1.54, 1.807) is 6.92 Å². The molecule has 0 saturated carbocycles. The maximum Gasteiger partial charge on any atom is 0.360 e. The minimum atomic E-state index is -1.18. The average Bonchev–Trinajstić information content (AvgIpc) is 3.09. The van der Waals surface area contributed by atoms with Gasteiger partial charge in [-0.25, -0.2) is 14.8 Å². The van der Waals surface area contributed by atoms with Crippen LogP contribution in [0, 0.1) is 18.3 Å². The number of rotatable bonds is 9. The standard InChI is InChI=1S/C25H41BrN4O4S/c1-8-33-23(31)19-22(27-17(4)21(26)28-19)30-13-11-25(12-14-30)15-34-18(5)20(25)29-35(32)24(6,7)10-9-16(2)3/h16,18,20,29H,8-15H2,1-7H3/t18-,20+,35+/m0/s1. The Bertz CT molecular complexity index is 892. The van der Waals surface area contributed by atoms with E-state index >= 15 is 0 Å². The molecule has 198 valence electrons. The van der Waals surface area contributed by atoms with Gasteiger partial charge < -0.3 is 18.9 Å². The zero-order valence-corrected chi connectivity index (χ0v) is 24.6. The zero-order valence-electron chi connectivity index (χ0n) is 22.1. The quantitative estimate of drug-likeness (QED) is 0.339. The number of aromatic nitrogens is 2. The number of hydrogen-bond donors (Lipinski definition) is 1. The van der Waals surface area contributed by atoms with Crippen LogP contribution in [0.5, 0.6) is 0 Å². The Morgan fingerprint density at radius 1 is 1.37 bits per heavy atom. The second-order valence-corrected chi connectivity index (χ2v) is 13.5. The predicted molar refractivity (Wildman–Crippen MR) is 143 cm³/mol. The van der Waals surface area contributed by atoms with Crippen molar-refractivity contribution in [2.45, 2.75) is 91.0 Å². The van der Waals surface area contributed by atoms with Crippen LogP contribution < -0.4 is 9.62 Å². The highest BCUT2D eigenvalue weighted by atomic mass is 79.9. The average molecular weight is 574 g/mol. The number of hydrogen-bond acceptors (Lipinski definition) is 8. The van der Waals surface area contributed by atoms with Gasteiger partial charge in [0.05, 0.1) is 31.1 Å². The largest absolute Gasteiger partial charge is 0.598 e. The molecule has 35 heavy (non-hydrogen) atoms. The number of anilines is 1. The molecule has 2 aliphatic heterocycles. The van der Waals surface area contributed by atoms with Crippen molar-refractivity contribution in [3.8, 4) is 0 Å². The van der Waals surface area contributed by atoms with Crippen LogP contribution in [0.3, 0.4) is 0 Å². The van der Waals surface area contributed by atoms with E-state index in [9.17, 15) is 9.35 Å². The molecule has 1 aromatic heterocycles. The molecule has 1 spiro atoms. The molecule has 8 nitrogen and oxygen atoms in total. The third kappa shape index (κ3) is 6.50. The van der Waals surface area contributed by atoms with Crippen LogP contribution in [0.15, 0.2) is 4.60 Å². The van der Waals surface area contributed by atoms with Gasteiger partial charge in [0.25, 0.3) is 0 Å². The lowest BCUT2D eigenvalue weighted by atomic mass is 9.73. The van der Waals surface area contributed by atoms with Crippen LogP contribution in [-0.4, -0.2) is 63.7 Å². The fraction of sp³-hybridized carbons (Fsp3) is 0.800. The van der Waals surface area contributed by atoms with Crippen LogP contribution >= 0.6 is 15.9 Å². The van der Waals surface area contributed by atoms with E-state index < -0.39 is 17.3 Å². The summed E-state index contributed by atoms with van der Waals surface area (Å²) in [5, 5.41) is 0. The summed E-state index contributed by atoms with van der Waals surface area (Å²) in [7, 11) is 0. The molecule has 0 amide bonds. The summed E-state index contributed by atoms with van der Waals surface area (Å²) in [6, 6.07) is 0.00562. The van der Waals surface area contributed by atoms with Crippen molar-refractivity contribution in [2.24, 2.45) is 11.3 Å². The van der Waals surface area contributed by atoms with Gasteiger partial charge in [-0.15, -0.1) is 4.72 Å². The van der Waals surface area contributed by atoms with Crippen molar-refractivity contribution in [1.29, 1.82) is 0 Å². The monoisotopic (exact) mass is 572 g/mol. The Morgan fingerprint density at radius 2 is 2.03 bits per heavy atom. The zero-order chi connectivity index (χ0) is 26.0. The van der Waals surface area contributed by atoms with Gasteiger partial charge in [-0.3, -0.25) is 0 Å². The van der Waals surface area contributed by atoms with E-state index in [1.165, 1.54) is 0 Å². The Morgan fingerprint density at radius 3 is 2.63 bits per heavy atom. The molecule has 2 aliphatic rings. The van der Waals surface area contributed by atoms with Crippen LogP contribution in [-0.2, 0) is 20.8 Å². The van der Waals surface area contributed by atoms with Gasteiger partial charge in [-0.1, -0.05) is 13.8 Å². The summed E-state index contributed by atoms with van der Waals surface area (Å²) in [6.07, 6.45) is 3.63. The highest BCUT2D eigenvalue weighted by molar-refractivity contribution is 9.10. The summed E-state index contributed by atoms with van der Waals surface area (Å²) >= 11 is 2.21. The Labute approximate surface area is 221 Å². The van der Waals surface area contributed by atoms with Crippen LogP contribution in [0.2, 0.25) is 0 Å². The second kappa shape index (κ2) is 11.6. The van der Waals surface area contributed by atoms with Crippen molar-refractivity contribution < 1.29 is 18.8 Å². The van der Waals surface area contributed by atoms with Gasteiger partial charge in [0.15, 0.2) is 11.5 Å². The molecule has 0 aromatic carbocycles. The first kappa shape index (κ1) is 28.6. The van der Waals surface area contributed by atoms with Gasteiger partial charge in [0.2, 0.25) is 0 Å². The van der Waals surface area contributed by atoms with Gasteiger partial charge in [0, 0.05) is 29.9 Å². The number of carbonyl (C=O) groups excluding carboxylic acids is 1. The highest BCUT2D eigenvalue weighted by Gasteiger charge is 2.53. The molecule has 2 fully saturated rings. The molecule has 1 aromatic rings. The summed E-state index contributed by atoms with van der Waals surface area (Å²) in [5.74, 6) is 0.682. The molecule has 1 N–H and O–H groups in total. The Kier molecular flexibility index (Phi) is 9.51. The number of nitrogens with one attached hydrogen (secondary N) is 1. The Hall–Kier alpha value is -0.940. The van der Waals surface area contributed by atoms with Gasteiger partial charge in [-0.2, -0.15) is 0 Å². The fourth-order valence-corrected chi connectivity index (χ4v) is 6.43. The first-order chi connectivity index (χ1) is 16.4. The normalized spacial score (nSPS) is 23.2. The molecule has 0 radical (unpaired) electrons. The number of halogens is 1. The first-order valence-corrected chi connectivity index (χ1v) is 14.6. The lowest BCUT2D eigenvalue weighted by molar-refractivity contribution is 0.0519. The van der Waals surface area contributed by atoms with Crippen molar-refractivity contribution in [2.75, 3.05) is 31.2 Å². The maximum absolute atomic E-state index is 13.4. The van der Waals surface area contributed by atoms with E-state index in [-0.39, 0.29) is 34.6 Å². The topological polar surface area (TPSA) is 99.6 Å². The molecule has 3 rings (SSSR count). The third-order valence-electron chi connectivity index (χ3n) is 7.34. The number of ether oxygens (including phenoxy) is 2. The smallest absolute Gasteiger partial charge is 0.360 e. The molecule has 0 bridgehead atoms. The van der Waals surface area contributed by atoms with Crippen molar-refractivity contribution in [3.05, 3.63) is 16.0 Å². The predicted octanol–water partition coefficient (Wildman–Crippen LogP) is 4.57.